The van der Waals surface area contributed by atoms with Crippen LogP contribution in [-0.4, -0.2) is 78.2 Å². The number of carbonyl (C=O) groups is 3. The summed E-state index contributed by atoms with van der Waals surface area (Å²) in [5, 5.41) is 7.24. The van der Waals surface area contributed by atoms with Crippen molar-refractivity contribution in [2.45, 2.75) is 76.0 Å². The molecule has 4 amide bonds. The minimum atomic E-state index is -3.15. The Morgan fingerprint density at radius 2 is 1.87 bits per heavy atom. The first kappa shape index (κ1) is 30.4. The predicted molar refractivity (Wildman–Crippen MR) is 133 cm³/mol. The normalized spacial score (nSPS) is 20.9. The van der Waals surface area contributed by atoms with Crippen molar-refractivity contribution in [3.63, 3.8) is 0 Å². The van der Waals surface area contributed by atoms with Crippen LogP contribution in [0.25, 0.3) is 0 Å². The minimum Gasteiger partial charge on any atom is -0.444 e. The standard InChI is InChI=1S/C25H35F4N5O5/c1-23(2,3)39-22(37)33-19(15-5-8-24(26,27)9-6-15)20(35)32-18-11-16(7-10-30-18)17(12-38-4)34-14-25(28,29)13-31-21(34)36/h7,10-11,15,17,19H,5-6,8-9,12-14H2,1-4H3,(H,31,36)(H,33,37)(H,30,32,35)/t17-,19+/m1/s1. The fraction of sp³-hybridized carbons (Fsp3) is 0.680. The Hall–Kier alpha value is -3.16. The minimum absolute atomic E-state index is 0.00253. The van der Waals surface area contributed by atoms with Gasteiger partial charge in [-0.25, -0.2) is 32.1 Å². The number of nitrogens with zero attached hydrogens (tertiary/aromatic N) is 2. The molecule has 10 nitrogen and oxygen atoms in total. The van der Waals surface area contributed by atoms with Gasteiger partial charge in [-0.2, -0.15) is 0 Å². The van der Waals surface area contributed by atoms with Crippen molar-refractivity contribution in [3.8, 4) is 0 Å². The maximum Gasteiger partial charge on any atom is 0.408 e. The highest BCUT2D eigenvalue weighted by atomic mass is 19.3. The maximum absolute atomic E-state index is 14.1. The van der Waals surface area contributed by atoms with Crippen LogP contribution in [0.1, 0.15) is 58.1 Å². The zero-order valence-electron chi connectivity index (χ0n) is 22.4. The molecule has 0 bridgehead atoms. The van der Waals surface area contributed by atoms with Crippen molar-refractivity contribution in [3.05, 3.63) is 23.9 Å². The molecule has 1 aromatic heterocycles. The largest absolute Gasteiger partial charge is 0.444 e. The lowest BCUT2D eigenvalue weighted by Crippen LogP contribution is -2.58. The van der Waals surface area contributed by atoms with Crippen LogP contribution in [0.2, 0.25) is 0 Å². The smallest absolute Gasteiger partial charge is 0.408 e. The van der Waals surface area contributed by atoms with E-state index in [2.05, 4.69) is 20.9 Å². The zero-order valence-corrected chi connectivity index (χ0v) is 22.4. The molecule has 3 rings (SSSR count). The third kappa shape index (κ3) is 8.67. The average molecular weight is 562 g/mol. The van der Waals surface area contributed by atoms with Gasteiger partial charge in [0.05, 0.1) is 25.7 Å². The van der Waals surface area contributed by atoms with Crippen molar-refractivity contribution >= 4 is 23.8 Å². The summed E-state index contributed by atoms with van der Waals surface area (Å²) in [5.74, 6) is -7.26. The maximum atomic E-state index is 14.1. The van der Waals surface area contributed by atoms with Gasteiger partial charge in [-0.3, -0.25) is 4.79 Å². The summed E-state index contributed by atoms with van der Waals surface area (Å²) < 4.78 is 66.1. The highest BCUT2D eigenvalue weighted by Crippen LogP contribution is 2.38. The molecule has 14 heteroatoms. The van der Waals surface area contributed by atoms with E-state index in [9.17, 15) is 31.9 Å². The first-order valence-corrected chi connectivity index (χ1v) is 12.6. The second kappa shape index (κ2) is 11.9. The van der Waals surface area contributed by atoms with Crippen LogP contribution < -0.4 is 16.0 Å². The molecule has 0 aromatic carbocycles. The molecular weight excluding hydrogens is 526 g/mol. The van der Waals surface area contributed by atoms with E-state index in [0.717, 1.165) is 4.90 Å². The summed E-state index contributed by atoms with van der Waals surface area (Å²) in [7, 11) is 1.36. The van der Waals surface area contributed by atoms with Crippen molar-refractivity contribution in [2.24, 2.45) is 5.92 Å². The van der Waals surface area contributed by atoms with Crippen molar-refractivity contribution < 1.29 is 41.4 Å². The molecule has 1 aliphatic carbocycles. The van der Waals surface area contributed by atoms with Gasteiger partial charge in [-0.1, -0.05) is 0 Å². The monoisotopic (exact) mass is 561 g/mol. The molecule has 0 unspecified atom stereocenters. The van der Waals surface area contributed by atoms with E-state index in [4.69, 9.17) is 9.47 Å². The lowest BCUT2D eigenvalue weighted by molar-refractivity contribution is -0.121. The van der Waals surface area contributed by atoms with Crippen LogP contribution in [0.15, 0.2) is 18.3 Å². The number of hydrogen-bond donors (Lipinski definition) is 3. The van der Waals surface area contributed by atoms with Gasteiger partial charge < -0.3 is 30.3 Å². The number of amides is 4. The van der Waals surface area contributed by atoms with Gasteiger partial charge in [0.25, 0.3) is 5.92 Å². The number of hydrogen-bond acceptors (Lipinski definition) is 6. The first-order valence-electron chi connectivity index (χ1n) is 12.6. The molecule has 1 saturated heterocycles. The number of aromatic nitrogens is 1. The summed E-state index contributed by atoms with van der Waals surface area (Å²) in [4.78, 5) is 43.2. The van der Waals surface area contributed by atoms with E-state index in [1.54, 1.807) is 20.8 Å². The summed E-state index contributed by atoms with van der Waals surface area (Å²) in [6, 6.07) is 0.0973. The van der Waals surface area contributed by atoms with Gasteiger partial charge in [0.1, 0.15) is 17.5 Å². The molecule has 0 spiro atoms. The lowest BCUT2D eigenvalue weighted by Gasteiger charge is -2.38. The predicted octanol–water partition coefficient (Wildman–Crippen LogP) is 4.09. The van der Waals surface area contributed by atoms with Gasteiger partial charge in [0.15, 0.2) is 0 Å². The van der Waals surface area contributed by atoms with E-state index in [-0.39, 0.29) is 25.3 Å². The third-order valence-corrected chi connectivity index (χ3v) is 6.47. The van der Waals surface area contributed by atoms with Gasteiger partial charge >= 0.3 is 12.1 Å². The van der Waals surface area contributed by atoms with Crippen LogP contribution in [0.4, 0.5) is 33.0 Å². The molecule has 2 heterocycles. The van der Waals surface area contributed by atoms with Crippen LogP contribution in [0.5, 0.6) is 0 Å². The Kier molecular flexibility index (Phi) is 9.29. The molecule has 2 atom stereocenters. The van der Waals surface area contributed by atoms with Crippen molar-refractivity contribution in [1.29, 1.82) is 0 Å². The quantitative estimate of drug-likeness (QED) is 0.411. The summed E-state index contributed by atoms with van der Waals surface area (Å²) in [5.41, 5.74) is -0.488. The molecule has 1 saturated carbocycles. The summed E-state index contributed by atoms with van der Waals surface area (Å²) in [6.45, 7) is 3.22. The van der Waals surface area contributed by atoms with Gasteiger partial charge in [-0.05, 0) is 57.2 Å². The van der Waals surface area contributed by atoms with E-state index >= 15 is 0 Å². The lowest BCUT2D eigenvalue weighted by atomic mass is 9.81. The molecule has 39 heavy (non-hydrogen) atoms. The number of methoxy groups -OCH3 is 1. The van der Waals surface area contributed by atoms with Crippen LogP contribution in [0, 0.1) is 5.92 Å². The molecule has 218 valence electrons. The number of carbonyl (C=O) groups excluding carboxylic acids is 3. The third-order valence-electron chi connectivity index (χ3n) is 6.47. The Labute approximate surface area is 224 Å². The highest BCUT2D eigenvalue weighted by Gasteiger charge is 2.43. The number of urea groups is 1. The number of anilines is 1. The molecule has 1 aromatic rings. The van der Waals surface area contributed by atoms with E-state index in [1.807, 2.05) is 0 Å². The number of halogens is 4. The molecule has 1 aliphatic heterocycles. The molecule has 0 radical (unpaired) electrons. The highest BCUT2D eigenvalue weighted by molar-refractivity contribution is 5.96. The fourth-order valence-corrected chi connectivity index (χ4v) is 4.61. The number of alkyl carbamates (subject to hydrolysis) is 1. The number of alkyl halides is 4. The van der Waals surface area contributed by atoms with Crippen LogP contribution >= 0.6 is 0 Å². The average Bonchev–Trinajstić information content (AvgIpc) is 2.82. The van der Waals surface area contributed by atoms with Crippen molar-refractivity contribution in [1.82, 2.24) is 20.5 Å². The molecule has 3 N–H and O–H groups in total. The second-order valence-corrected chi connectivity index (χ2v) is 10.9. The Balaban J connectivity index is 1.81. The molecule has 2 fully saturated rings. The van der Waals surface area contributed by atoms with Crippen LogP contribution in [-0.2, 0) is 14.3 Å². The Morgan fingerprint density at radius 1 is 1.21 bits per heavy atom. The van der Waals surface area contributed by atoms with Crippen LogP contribution in [0.3, 0.4) is 0 Å². The number of nitrogens with one attached hydrogen (secondary N) is 3. The Bertz CT molecular complexity index is 1040. The summed E-state index contributed by atoms with van der Waals surface area (Å²) in [6.07, 6.45) is -0.395. The summed E-state index contributed by atoms with van der Waals surface area (Å²) >= 11 is 0. The van der Waals surface area contributed by atoms with Gasteiger partial charge in [0.2, 0.25) is 11.8 Å². The zero-order chi connectivity index (χ0) is 29.0. The van der Waals surface area contributed by atoms with E-state index in [0.29, 0.717) is 5.56 Å². The van der Waals surface area contributed by atoms with Crippen molar-refractivity contribution in [2.75, 3.05) is 32.1 Å². The fourth-order valence-electron chi connectivity index (χ4n) is 4.61. The number of ether oxygens (including phenoxy) is 2. The second-order valence-electron chi connectivity index (χ2n) is 10.9. The molecule has 2 aliphatic rings. The molecular formula is C25H35F4N5O5. The van der Waals surface area contributed by atoms with E-state index in [1.165, 1.54) is 25.4 Å². The number of pyridine rings is 1. The van der Waals surface area contributed by atoms with E-state index < -0.39 is 79.4 Å². The number of rotatable bonds is 8. The first-order chi connectivity index (χ1) is 18.1. The Morgan fingerprint density at radius 3 is 2.49 bits per heavy atom. The van der Waals surface area contributed by atoms with Gasteiger partial charge in [0, 0.05) is 26.1 Å². The van der Waals surface area contributed by atoms with Gasteiger partial charge in [-0.15, -0.1) is 0 Å². The SMILES string of the molecule is COC[C@H](c1ccnc(NC(=O)[C@@H](NC(=O)OC(C)(C)C)C2CCC(F)(F)CC2)c1)N1CC(F)(F)CNC1=O. The topological polar surface area (TPSA) is 122 Å².